The number of aryl methyl sites for hydroxylation is 1. The summed E-state index contributed by atoms with van der Waals surface area (Å²) in [5, 5.41) is 3.48. The number of fused-ring (bicyclic) bond motifs is 1. The molecule has 6 rings (SSSR count). The van der Waals surface area contributed by atoms with Crippen LogP contribution in [0.3, 0.4) is 0 Å². The zero-order chi connectivity index (χ0) is 13.3. The van der Waals surface area contributed by atoms with Crippen molar-refractivity contribution < 1.29 is 0 Å². The van der Waals surface area contributed by atoms with E-state index in [0.29, 0.717) is 5.54 Å². The van der Waals surface area contributed by atoms with Crippen LogP contribution < -0.4 is 5.32 Å². The molecule has 4 aliphatic carbocycles. The second-order valence-electron chi connectivity index (χ2n) is 7.96. The number of hydrogen-bond acceptors (Lipinski definition) is 2. The first-order valence-corrected chi connectivity index (χ1v) is 8.52. The predicted molar refractivity (Wildman–Crippen MR) is 78.5 cm³/mol. The Morgan fingerprint density at radius 3 is 2.40 bits per heavy atom. The largest absolute Gasteiger partial charge is 0.326 e. The van der Waals surface area contributed by atoms with Gasteiger partial charge in [-0.3, -0.25) is 0 Å². The van der Waals surface area contributed by atoms with Gasteiger partial charge in [0.25, 0.3) is 0 Å². The lowest BCUT2D eigenvalue weighted by molar-refractivity contribution is -0.0453. The van der Waals surface area contributed by atoms with Crippen molar-refractivity contribution >= 4 is 0 Å². The van der Waals surface area contributed by atoms with Gasteiger partial charge in [0.05, 0.1) is 5.69 Å². The van der Waals surface area contributed by atoms with Crippen molar-refractivity contribution in [1.29, 1.82) is 0 Å². The molecule has 0 spiro atoms. The molecule has 4 fully saturated rings. The molecule has 0 aromatic carbocycles. The smallest absolute Gasteiger partial charge is 0.106 e. The molecule has 3 heteroatoms. The van der Waals surface area contributed by atoms with Gasteiger partial charge in [-0.05, 0) is 63.2 Å². The number of rotatable bonds is 1. The molecule has 1 aromatic rings. The second kappa shape index (κ2) is 3.88. The van der Waals surface area contributed by atoms with Crippen LogP contribution in [0.25, 0.3) is 0 Å². The van der Waals surface area contributed by atoms with Crippen molar-refractivity contribution in [3.63, 3.8) is 0 Å². The number of imidazole rings is 1. The van der Waals surface area contributed by atoms with Gasteiger partial charge in [-0.1, -0.05) is 0 Å². The van der Waals surface area contributed by atoms with Gasteiger partial charge in [0.2, 0.25) is 0 Å². The average Bonchev–Trinajstić information content (AvgIpc) is 2.73. The summed E-state index contributed by atoms with van der Waals surface area (Å²) in [4.78, 5) is 4.91. The maximum absolute atomic E-state index is 4.91. The van der Waals surface area contributed by atoms with E-state index in [1.807, 2.05) is 0 Å². The van der Waals surface area contributed by atoms with Crippen molar-refractivity contribution in [3.05, 3.63) is 17.2 Å². The minimum atomic E-state index is 0.455. The third-order valence-corrected chi connectivity index (χ3v) is 6.53. The van der Waals surface area contributed by atoms with Crippen LogP contribution >= 0.6 is 0 Å². The van der Waals surface area contributed by atoms with Crippen LogP contribution in [0.15, 0.2) is 0 Å². The molecular weight excluding hydrogens is 246 g/mol. The fraction of sp³-hybridized carbons (Fsp3) is 0.824. The first-order chi connectivity index (χ1) is 9.73. The van der Waals surface area contributed by atoms with E-state index in [-0.39, 0.29) is 0 Å². The molecule has 1 aliphatic heterocycles. The van der Waals surface area contributed by atoms with E-state index in [9.17, 15) is 0 Å². The lowest BCUT2D eigenvalue weighted by atomic mass is 9.53. The van der Waals surface area contributed by atoms with Crippen molar-refractivity contribution in [2.24, 2.45) is 17.8 Å². The minimum absolute atomic E-state index is 0.455. The van der Waals surface area contributed by atoms with Crippen LogP contribution in [0.4, 0.5) is 0 Å². The maximum Gasteiger partial charge on any atom is 0.106 e. The zero-order valence-corrected chi connectivity index (χ0v) is 12.5. The Labute approximate surface area is 121 Å². The topological polar surface area (TPSA) is 29.9 Å². The lowest BCUT2D eigenvalue weighted by Gasteiger charge is -2.58. The molecule has 0 amide bonds. The van der Waals surface area contributed by atoms with Gasteiger partial charge in [0.1, 0.15) is 5.82 Å². The summed E-state index contributed by atoms with van der Waals surface area (Å²) in [5.74, 6) is 4.34. The summed E-state index contributed by atoms with van der Waals surface area (Å²) < 4.78 is 2.73. The highest BCUT2D eigenvalue weighted by Crippen LogP contribution is 2.59. The van der Waals surface area contributed by atoms with Crippen molar-refractivity contribution in [2.45, 2.75) is 64.0 Å². The summed E-state index contributed by atoms with van der Waals surface area (Å²) in [5.41, 5.74) is 3.37. The molecule has 1 N–H and O–H groups in total. The van der Waals surface area contributed by atoms with E-state index in [1.54, 1.807) is 5.69 Å². The normalized spacial score (nSPS) is 42.0. The van der Waals surface area contributed by atoms with Crippen LogP contribution in [0.5, 0.6) is 0 Å². The van der Waals surface area contributed by atoms with Crippen LogP contribution in [-0.2, 0) is 18.5 Å². The monoisotopic (exact) mass is 271 g/mol. The molecule has 108 valence electrons. The van der Waals surface area contributed by atoms with Gasteiger partial charge >= 0.3 is 0 Å². The van der Waals surface area contributed by atoms with Gasteiger partial charge in [0, 0.05) is 30.7 Å². The molecule has 20 heavy (non-hydrogen) atoms. The van der Waals surface area contributed by atoms with Gasteiger partial charge in [-0.15, -0.1) is 0 Å². The third-order valence-electron chi connectivity index (χ3n) is 6.53. The van der Waals surface area contributed by atoms with Crippen LogP contribution in [0.1, 0.15) is 55.7 Å². The summed E-state index contributed by atoms with van der Waals surface area (Å²) in [6.07, 6.45) is 10.1. The molecule has 5 aliphatic rings. The van der Waals surface area contributed by atoms with Gasteiger partial charge in [-0.2, -0.15) is 0 Å². The van der Waals surface area contributed by atoms with E-state index in [4.69, 9.17) is 4.98 Å². The first-order valence-electron chi connectivity index (χ1n) is 8.52. The van der Waals surface area contributed by atoms with E-state index >= 15 is 0 Å². The van der Waals surface area contributed by atoms with Gasteiger partial charge in [0.15, 0.2) is 0 Å². The molecule has 3 nitrogen and oxygen atoms in total. The SMILES string of the molecule is Cc1nc2c(n1C13CC4CC(CC(C4)C1)C3)CCNC2. The molecule has 4 saturated carbocycles. The molecule has 0 unspecified atom stereocenters. The molecule has 4 bridgehead atoms. The standard InChI is InChI=1S/C17H25N3/c1-11-19-15-10-18-3-2-16(15)20(11)17-7-12-4-13(8-17)6-14(5-12)9-17/h12-14,18H,2-10H2,1H3. The van der Waals surface area contributed by atoms with Crippen molar-refractivity contribution in [3.8, 4) is 0 Å². The predicted octanol–water partition coefficient (Wildman–Crippen LogP) is 2.76. The maximum atomic E-state index is 4.91. The Morgan fingerprint density at radius 1 is 1.10 bits per heavy atom. The Balaban J connectivity index is 1.64. The third kappa shape index (κ3) is 1.47. The molecular formula is C17H25N3. The van der Waals surface area contributed by atoms with E-state index in [1.165, 1.54) is 56.5 Å². The Kier molecular flexibility index (Phi) is 2.29. The first kappa shape index (κ1) is 11.8. The summed E-state index contributed by atoms with van der Waals surface area (Å²) in [6, 6.07) is 0. The van der Waals surface area contributed by atoms with Gasteiger partial charge < -0.3 is 9.88 Å². The van der Waals surface area contributed by atoms with Crippen molar-refractivity contribution in [2.75, 3.05) is 6.54 Å². The van der Waals surface area contributed by atoms with Crippen LogP contribution in [0, 0.1) is 24.7 Å². The molecule has 0 atom stereocenters. The Morgan fingerprint density at radius 2 is 1.75 bits per heavy atom. The number of nitrogens with one attached hydrogen (secondary N) is 1. The Hall–Kier alpha value is -0.830. The summed E-state index contributed by atoms with van der Waals surface area (Å²) >= 11 is 0. The number of aromatic nitrogens is 2. The van der Waals surface area contributed by atoms with Gasteiger partial charge in [-0.25, -0.2) is 4.98 Å². The van der Waals surface area contributed by atoms with E-state index in [2.05, 4.69) is 16.8 Å². The highest BCUT2D eigenvalue weighted by Gasteiger charge is 2.53. The summed E-state index contributed by atoms with van der Waals surface area (Å²) in [7, 11) is 0. The van der Waals surface area contributed by atoms with E-state index < -0.39 is 0 Å². The molecule has 0 saturated heterocycles. The zero-order valence-electron chi connectivity index (χ0n) is 12.5. The average molecular weight is 271 g/mol. The van der Waals surface area contributed by atoms with Crippen LogP contribution in [0.2, 0.25) is 0 Å². The number of nitrogens with zero attached hydrogens (tertiary/aromatic N) is 2. The molecule has 1 aromatic heterocycles. The van der Waals surface area contributed by atoms with Crippen molar-refractivity contribution in [1.82, 2.24) is 14.9 Å². The lowest BCUT2D eigenvalue weighted by Crippen LogP contribution is -2.52. The fourth-order valence-electron chi connectivity index (χ4n) is 6.41. The summed E-state index contributed by atoms with van der Waals surface area (Å²) in [6.45, 7) is 4.36. The molecule has 2 heterocycles. The molecule has 0 radical (unpaired) electrons. The van der Waals surface area contributed by atoms with E-state index in [0.717, 1.165) is 30.8 Å². The number of hydrogen-bond donors (Lipinski definition) is 1. The minimum Gasteiger partial charge on any atom is -0.326 e. The Bertz CT molecular complexity index is 522. The second-order valence-corrected chi connectivity index (χ2v) is 7.96. The fourth-order valence-corrected chi connectivity index (χ4v) is 6.41. The van der Waals surface area contributed by atoms with Crippen LogP contribution in [-0.4, -0.2) is 16.1 Å². The highest BCUT2D eigenvalue weighted by molar-refractivity contribution is 5.24. The highest BCUT2D eigenvalue weighted by atomic mass is 15.2. The quantitative estimate of drug-likeness (QED) is 0.851.